The lowest BCUT2D eigenvalue weighted by atomic mass is 9.91. The quantitative estimate of drug-likeness (QED) is 0.806. The second kappa shape index (κ2) is 6.06. The molecule has 0 spiro atoms. The van der Waals surface area contributed by atoms with Crippen molar-refractivity contribution in [2.45, 2.75) is 32.8 Å². The molecule has 1 N–H and O–H groups in total. The van der Waals surface area contributed by atoms with Gasteiger partial charge in [0.05, 0.1) is 6.10 Å². The molecule has 0 amide bonds. The summed E-state index contributed by atoms with van der Waals surface area (Å²) in [6, 6.07) is 5.67. The summed E-state index contributed by atoms with van der Waals surface area (Å²) in [5.41, 5.74) is 0.955. The molecule has 1 unspecified atom stereocenters. The lowest BCUT2D eigenvalue weighted by Crippen LogP contribution is -2.12. The monoisotopic (exact) mass is 338 g/mol. The Morgan fingerprint density at radius 3 is 2.47 bits per heavy atom. The zero-order valence-electron chi connectivity index (χ0n) is 9.00. The number of hydrogen-bond donors (Lipinski definition) is 1. The minimum absolute atomic E-state index is 0.317. The molecule has 1 aromatic carbocycles. The summed E-state index contributed by atoms with van der Waals surface area (Å²) in [5, 5.41) is 10.9. The minimum Gasteiger partial charge on any atom is -0.388 e. The first-order valence-electron chi connectivity index (χ1n) is 5.23. The van der Waals surface area contributed by atoms with Crippen molar-refractivity contribution in [2.75, 3.05) is 0 Å². The number of benzene rings is 1. The maximum absolute atomic E-state index is 10.2. The van der Waals surface area contributed by atoms with Crippen LogP contribution in [0.3, 0.4) is 0 Å². The van der Waals surface area contributed by atoms with Gasteiger partial charge in [-0.2, -0.15) is 0 Å². The molecule has 0 saturated carbocycles. The van der Waals surface area contributed by atoms with Crippen LogP contribution >= 0.6 is 34.2 Å². The normalized spacial score (nSPS) is 13.2. The Balaban J connectivity index is 2.98. The van der Waals surface area contributed by atoms with Crippen LogP contribution in [0.25, 0.3) is 0 Å². The van der Waals surface area contributed by atoms with Crippen LogP contribution in [0, 0.1) is 9.49 Å². The van der Waals surface area contributed by atoms with Gasteiger partial charge in [-0.05, 0) is 52.3 Å². The highest BCUT2D eigenvalue weighted by atomic mass is 127. The summed E-state index contributed by atoms with van der Waals surface area (Å²) in [7, 11) is 0. The number of rotatable bonds is 4. The Morgan fingerprint density at radius 2 is 1.93 bits per heavy atom. The molecule has 0 aliphatic rings. The van der Waals surface area contributed by atoms with Gasteiger partial charge in [0.1, 0.15) is 0 Å². The van der Waals surface area contributed by atoms with Crippen molar-refractivity contribution in [3.8, 4) is 0 Å². The molecule has 1 rings (SSSR count). The molecule has 15 heavy (non-hydrogen) atoms. The van der Waals surface area contributed by atoms with E-state index in [1.54, 1.807) is 0 Å². The molecule has 0 bridgehead atoms. The topological polar surface area (TPSA) is 20.2 Å². The second-order valence-electron chi connectivity index (χ2n) is 3.69. The Kier molecular flexibility index (Phi) is 5.36. The van der Waals surface area contributed by atoms with E-state index in [9.17, 15) is 5.11 Å². The van der Waals surface area contributed by atoms with E-state index >= 15 is 0 Å². The van der Waals surface area contributed by atoms with Gasteiger partial charge < -0.3 is 5.11 Å². The fraction of sp³-hybridized carbons (Fsp3) is 0.500. The van der Waals surface area contributed by atoms with Gasteiger partial charge in [0, 0.05) is 8.59 Å². The predicted molar refractivity (Wildman–Crippen MR) is 73.2 cm³/mol. The van der Waals surface area contributed by atoms with Crippen LogP contribution in [0.2, 0.25) is 5.02 Å². The van der Waals surface area contributed by atoms with Crippen molar-refractivity contribution in [3.05, 3.63) is 32.4 Å². The molecule has 3 heteroatoms. The highest BCUT2D eigenvalue weighted by Crippen LogP contribution is 2.31. The van der Waals surface area contributed by atoms with Gasteiger partial charge in [-0.1, -0.05) is 38.3 Å². The standard InChI is InChI=1S/C12H16ClIO/c1-3-8(4-2)12(15)10-7-9(13)5-6-11(10)14/h5-8,12,15H,3-4H2,1-2H3. The predicted octanol–water partition coefficient (Wildman–Crippen LogP) is 4.41. The van der Waals surface area contributed by atoms with E-state index in [1.807, 2.05) is 18.2 Å². The number of halogens is 2. The molecular formula is C12H16ClIO. The smallest absolute Gasteiger partial charge is 0.0828 e. The van der Waals surface area contributed by atoms with Crippen molar-refractivity contribution in [1.29, 1.82) is 0 Å². The summed E-state index contributed by atoms with van der Waals surface area (Å²) in [4.78, 5) is 0. The average molecular weight is 339 g/mol. The van der Waals surface area contributed by atoms with Gasteiger partial charge in [-0.15, -0.1) is 0 Å². The fourth-order valence-corrected chi connectivity index (χ4v) is 2.57. The molecule has 0 aromatic heterocycles. The van der Waals surface area contributed by atoms with Crippen molar-refractivity contribution in [3.63, 3.8) is 0 Å². The molecule has 0 radical (unpaired) electrons. The van der Waals surface area contributed by atoms with E-state index in [4.69, 9.17) is 11.6 Å². The summed E-state index contributed by atoms with van der Waals surface area (Å²) < 4.78 is 1.08. The highest BCUT2D eigenvalue weighted by Gasteiger charge is 2.19. The van der Waals surface area contributed by atoms with Crippen LogP contribution < -0.4 is 0 Å². The molecule has 0 aliphatic heterocycles. The highest BCUT2D eigenvalue weighted by molar-refractivity contribution is 14.1. The van der Waals surface area contributed by atoms with Crippen LogP contribution in [-0.4, -0.2) is 5.11 Å². The van der Waals surface area contributed by atoms with Crippen LogP contribution in [0.4, 0.5) is 0 Å². The van der Waals surface area contributed by atoms with E-state index in [-0.39, 0.29) is 0 Å². The fourth-order valence-electron chi connectivity index (χ4n) is 1.73. The van der Waals surface area contributed by atoms with E-state index in [1.165, 1.54) is 0 Å². The van der Waals surface area contributed by atoms with Gasteiger partial charge in [0.15, 0.2) is 0 Å². The van der Waals surface area contributed by atoms with E-state index < -0.39 is 6.10 Å². The Morgan fingerprint density at radius 1 is 1.33 bits per heavy atom. The molecule has 0 fully saturated rings. The first kappa shape index (κ1) is 13.3. The summed E-state index contributed by atoms with van der Waals surface area (Å²) in [5.74, 6) is 0.317. The largest absolute Gasteiger partial charge is 0.388 e. The van der Waals surface area contributed by atoms with Crippen molar-refractivity contribution < 1.29 is 5.11 Å². The minimum atomic E-state index is -0.398. The van der Waals surface area contributed by atoms with Crippen molar-refractivity contribution in [1.82, 2.24) is 0 Å². The van der Waals surface area contributed by atoms with Crippen LogP contribution in [0.15, 0.2) is 18.2 Å². The third-order valence-corrected chi connectivity index (χ3v) is 3.99. The van der Waals surface area contributed by atoms with Gasteiger partial charge in [-0.3, -0.25) is 0 Å². The first-order valence-corrected chi connectivity index (χ1v) is 6.68. The summed E-state index contributed by atoms with van der Waals surface area (Å²) in [6.45, 7) is 4.21. The maximum Gasteiger partial charge on any atom is 0.0828 e. The number of aliphatic hydroxyl groups is 1. The Bertz CT molecular complexity index is 323. The molecule has 1 aromatic rings. The summed E-state index contributed by atoms with van der Waals surface area (Å²) in [6.07, 6.45) is 1.58. The molecule has 0 saturated heterocycles. The number of aliphatic hydroxyl groups excluding tert-OH is 1. The van der Waals surface area contributed by atoms with E-state index in [0.717, 1.165) is 22.0 Å². The Labute approximate surface area is 110 Å². The van der Waals surface area contributed by atoms with Gasteiger partial charge in [-0.25, -0.2) is 0 Å². The molecule has 0 heterocycles. The van der Waals surface area contributed by atoms with Gasteiger partial charge in [0.25, 0.3) is 0 Å². The molecular weight excluding hydrogens is 322 g/mol. The Hall–Kier alpha value is 0.200. The van der Waals surface area contributed by atoms with E-state index in [2.05, 4.69) is 36.4 Å². The number of hydrogen-bond acceptors (Lipinski definition) is 1. The molecule has 0 aliphatic carbocycles. The zero-order valence-corrected chi connectivity index (χ0v) is 11.9. The molecule has 1 atom stereocenters. The molecule has 84 valence electrons. The first-order chi connectivity index (χ1) is 7.10. The van der Waals surface area contributed by atoms with Crippen LogP contribution in [0.1, 0.15) is 38.4 Å². The van der Waals surface area contributed by atoms with Crippen molar-refractivity contribution in [2.24, 2.45) is 5.92 Å². The van der Waals surface area contributed by atoms with Gasteiger partial charge in [0.2, 0.25) is 0 Å². The van der Waals surface area contributed by atoms with E-state index in [0.29, 0.717) is 10.9 Å². The average Bonchev–Trinajstić information content (AvgIpc) is 2.23. The SMILES string of the molecule is CCC(CC)C(O)c1cc(Cl)ccc1I. The third-order valence-electron chi connectivity index (χ3n) is 2.77. The lowest BCUT2D eigenvalue weighted by Gasteiger charge is -2.21. The van der Waals surface area contributed by atoms with Crippen LogP contribution in [0.5, 0.6) is 0 Å². The third kappa shape index (κ3) is 3.33. The summed E-state index contributed by atoms with van der Waals surface area (Å²) >= 11 is 8.18. The molecule has 1 nitrogen and oxygen atoms in total. The maximum atomic E-state index is 10.2. The lowest BCUT2D eigenvalue weighted by molar-refractivity contribution is 0.102. The second-order valence-corrected chi connectivity index (χ2v) is 5.29. The van der Waals surface area contributed by atoms with Crippen molar-refractivity contribution >= 4 is 34.2 Å². The van der Waals surface area contributed by atoms with Crippen LogP contribution in [-0.2, 0) is 0 Å². The zero-order chi connectivity index (χ0) is 11.4. The van der Waals surface area contributed by atoms with Gasteiger partial charge >= 0.3 is 0 Å².